The Morgan fingerprint density at radius 2 is 1.56 bits per heavy atom. The molecule has 0 radical (unpaired) electrons. The van der Waals surface area contributed by atoms with Gasteiger partial charge in [0.05, 0.1) is 17.3 Å². The van der Waals surface area contributed by atoms with Gasteiger partial charge in [-0.15, -0.1) is 0 Å². The third kappa shape index (κ3) is 6.40. The summed E-state index contributed by atoms with van der Waals surface area (Å²) in [4.78, 5) is 17.3. The van der Waals surface area contributed by atoms with Crippen molar-refractivity contribution in [2.45, 2.75) is 38.7 Å². The first-order valence-corrected chi connectivity index (χ1v) is 15.3. The first-order valence-electron chi connectivity index (χ1n) is 14.6. The van der Waals surface area contributed by atoms with Crippen molar-refractivity contribution in [3.63, 3.8) is 0 Å². The van der Waals surface area contributed by atoms with Gasteiger partial charge in [-0.1, -0.05) is 36.2 Å². The molecule has 2 aliphatic rings. The molecule has 2 aliphatic heterocycles. The number of hydrogen-bond donors (Lipinski definition) is 0. The molecular weight excluding hydrogens is 589 g/mol. The Morgan fingerprint density at radius 3 is 2.19 bits per heavy atom. The van der Waals surface area contributed by atoms with E-state index in [9.17, 15) is 4.79 Å². The van der Waals surface area contributed by atoms with E-state index in [1.807, 2.05) is 44.2 Å². The van der Waals surface area contributed by atoms with Crippen LogP contribution in [0.15, 0.2) is 77.9 Å². The van der Waals surface area contributed by atoms with Gasteiger partial charge in [0.1, 0.15) is 24.8 Å². The number of hydrogen-bond acceptors (Lipinski definition) is 7. The van der Waals surface area contributed by atoms with Gasteiger partial charge in [-0.3, -0.25) is 0 Å². The van der Waals surface area contributed by atoms with E-state index < -0.39 is 5.79 Å². The number of halogens is 2. The van der Waals surface area contributed by atoms with Gasteiger partial charge in [0.25, 0.3) is 0 Å². The predicted molar refractivity (Wildman–Crippen MR) is 169 cm³/mol. The van der Waals surface area contributed by atoms with Crippen molar-refractivity contribution in [3.05, 3.63) is 99.2 Å². The highest BCUT2D eigenvalue weighted by Gasteiger charge is 2.40. The third-order valence-electron chi connectivity index (χ3n) is 7.94. The fourth-order valence-electron chi connectivity index (χ4n) is 5.59. The van der Waals surface area contributed by atoms with Gasteiger partial charge >= 0.3 is 5.69 Å². The molecule has 2 fully saturated rings. The first kappa shape index (κ1) is 29.6. The normalized spacial score (nSPS) is 20.5. The van der Waals surface area contributed by atoms with Crippen molar-refractivity contribution in [2.24, 2.45) is 0 Å². The topological polar surface area (TPSA) is 74.0 Å². The Hall–Kier alpha value is -3.50. The molecule has 0 spiro atoms. The van der Waals surface area contributed by atoms with Crippen LogP contribution in [-0.4, -0.2) is 59.8 Å². The molecule has 0 amide bonds. The Labute approximate surface area is 261 Å². The number of ether oxygens (including phenoxy) is 3. The second-order valence-corrected chi connectivity index (χ2v) is 11.8. The van der Waals surface area contributed by atoms with Crippen LogP contribution in [0.5, 0.6) is 5.75 Å². The lowest BCUT2D eigenvalue weighted by Crippen LogP contribution is -2.46. The second-order valence-electron chi connectivity index (χ2n) is 10.9. The molecule has 1 aromatic heterocycles. The minimum atomic E-state index is -0.943. The van der Waals surface area contributed by atoms with Gasteiger partial charge in [-0.05, 0) is 74.0 Å². The quantitative estimate of drug-likeness (QED) is 0.235. The van der Waals surface area contributed by atoms with Crippen LogP contribution in [0.25, 0.3) is 5.69 Å². The molecule has 43 heavy (non-hydrogen) atoms. The molecule has 0 N–H and O–H groups in total. The molecule has 2 saturated heterocycles. The van der Waals surface area contributed by atoms with Crippen LogP contribution in [0.4, 0.5) is 11.4 Å². The summed E-state index contributed by atoms with van der Waals surface area (Å²) in [7, 11) is 0. The lowest BCUT2D eigenvalue weighted by Gasteiger charge is -2.37. The Bertz CT molecular complexity index is 1600. The van der Waals surface area contributed by atoms with Crippen molar-refractivity contribution >= 4 is 34.6 Å². The maximum Gasteiger partial charge on any atom is 0.350 e. The third-order valence-corrected chi connectivity index (χ3v) is 8.48. The van der Waals surface area contributed by atoms with Crippen molar-refractivity contribution in [1.82, 2.24) is 14.3 Å². The summed E-state index contributed by atoms with van der Waals surface area (Å²) in [5.74, 6) is -0.162. The van der Waals surface area contributed by atoms with E-state index in [2.05, 4.69) is 39.2 Å². The highest BCUT2D eigenvalue weighted by atomic mass is 35.5. The number of piperazine rings is 1. The molecule has 2 atom stereocenters. The van der Waals surface area contributed by atoms with Crippen LogP contribution in [-0.2, 0) is 21.8 Å². The molecule has 4 aromatic rings. The van der Waals surface area contributed by atoms with Crippen molar-refractivity contribution < 1.29 is 14.2 Å². The van der Waals surface area contributed by atoms with Crippen LogP contribution < -0.4 is 20.2 Å². The van der Waals surface area contributed by atoms with Gasteiger partial charge in [0, 0.05) is 54.7 Å². The van der Waals surface area contributed by atoms with E-state index in [-0.39, 0.29) is 11.8 Å². The van der Waals surface area contributed by atoms with Crippen molar-refractivity contribution in [1.29, 1.82) is 0 Å². The number of aromatic nitrogens is 3. The molecule has 11 heteroatoms. The van der Waals surface area contributed by atoms with Gasteiger partial charge < -0.3 is 24.0 Å². The Morgan fingerprint density at radius 1 is 0.930 bits per heavy atom. The number of nitrogens with zero attached hydrogens (tertiary/aromatic N) is 5. The summed E-state index contributed by atoms with van der Waals surface area (Å²) in [5.41, 5.74) is 3.77. The molecule has 3 aromatic carbocycles. The van der Waals surface area contributed by atoms with Crippen LogP contribution in [0.1, 0.15) is 25.8 Å². The number of rotatable bonds is 9. The average molecular weight is 625 g/mol. The molecule has 3 heterocycles. The van der Waals surface area contributed by atoms with E-state index in [0.717, 1.165) is 61.0 Å². The molecule has 9 nitrogen and oxygen atoms in total. The zero-order valence-electron chi connectivity index (χ0n) is 24.3. The lowest BCUT2D eigenvalue weighted by atomic mass is 10.1. The SMILES string of the molecule is CCCn1ncn(-c2ccc(N3CCN(c4ccc(OCC5COC(C)(c6ccc(Cl)cc6Cl)O5)cc4)CC3)cc2)c1=O. The van der Waals surface area contributed by atoms with Crippen LogP contribution >= 0.6 is 23.2 Å². The summed E-state index contributed by atoms with van der Waals surface area (Å²) in [6.45, 7) is 8.91. The van der Waals surface area contributed by atoms with Crippen LogP contribution in [0.3, 0.4) is 0 Å². The van der Waals surface area contributed by atoms with Crippen LogP contribution in [0, 0.1) is 0 Å². The van der Waals surface area contributed by atoms with E-state index in [0.29, 0.717) is 29.8 Å². The number of benzene rings is 3. The zero-order chi connectivity index (χ0) is 30.0. The van der Waals surface area contributed by atoms with E-state index >= 15 is 0 Å². The van der Waals surface area contributed by atoms with Gasteiger partial charge in [-0.2, -0.15) is 5.10 Å². The minimum Gasteiger partial charge on any atom is -0.491 e. The van der Waals surface area contributed by atoms with E-state index in [1.54, 1.807) is 23.0 Å². The van der Waals surface area contributed by atoms with Gasteiger partial charge in [-0.25, -0.2) is 14.0 Å². The minimum absolute atomic E-state index is 0.108. The first-order chi connectivity index (χ1) is 20.8. The summed E-state index contributed by atoms with van der Waals surface area (Å²) >= 11 is 12.4. The maximum atomic E-state index is 12.5. The zero-order valence-corrected chi connectivity index (χ0v) is 25.8. The standard InChI is InChI=1S/C32H35Cl2N5O4/c1-3-14-39-31(40)38(22-35-39)26-7-5-24(6-8-26)36-15-17-37(18-16-36)25-9-11-27(12-10-25)41-20-28-21-42-32(2,43-28)29-13-4-23(33)19-30(29)34/h4-13,19,22,28H,3,14-18,20-21H2,1-2H3. The average Bonchev–Trinajstić information content (AvgIpc) is 3.59. The van der Waals surface area contributed by atoms with Gasteiger partial charge in [0.2, 0.25) is 0 Å². The number of aryl methyl sites for hydroxylation is 1. The van der Waals surface area contributed by atoms with E-state index in [4.69, 9.17) is 37.4 Å². The Balaban J connectivity index is 0.988. The monoisotopic (exact) mass is 623 g/mol. The summed E-state index contributed by atoms with van der Waals surface area (Å²) in [5, 5.41) is 5.29. The maximum absolute atomic E-state index is 12.5. The molecule has 2 unspecified atom stereocenters. The highest BCUT2D eigenvalue weighted by Crippen LogP contribution is 2.38. The van der Waals surface area contributed by atoms with Gasteiger partial charge in [0.15, 0.2) is 5.79 Å². The Kier molecular flexibility index (Phi) is 8.68. The smallest absolute Gasteiger partial charge is 0.350 e. The summed E-state index contributed by atoms with van der Waals surface area (Å²) < 4.78 is 21.3. The highest BCUT2D eigenvalue weighted by molar-refractivity contribution is 6.35. The molecular formula is C32H35Cl2N5O4. The molecule has 226 valence electrons. The van der Waals surface area contributed by atoms with E-state index in [1.165, 1.54) is 4.68 Å². The lowest BCUT2D eigenvalue weighted by molar-refractivity contribution is -0.164. The summed E-state index contributed by atoms with van der Waals surface area (Å²) in [6.07, 6.45) is 2.24. The second kappa shape index (κ2) is 12.6. The van der Waals surface area contributed by atoms with Crippen molar-refractivity contribution in [2.75, 3.05) is 49.2 Å². The molecule has 0 saturated carbocycles. The van der Waals surface area contributed by atoms with Crippen LogP contribution in [0.2, 0.25) is 10.0 Å². The summed E-state index contributed by atoms with van der Waals surface area (Å²) in [6, 6.07) is 21.6. The fraction of sp³-hybridized carbons (Fsp3) is 0.375. The number of anilines is 2. The molecule has 6 rings (SSSR count). The fourth-order valence-corrected chi connectivity index (χ4v) is 6.17. The molecule has 0 bridgehead atoms. The predicted octanol–water partition coefficient (Wildman–Crippen LogP) is 5.74. The van der Waals surface area contributed by atoms with Crippen molar-refractivity contribution in [3.8, 4) is 11.4 Å². The largest absolute Gasteiger partial charge is 0.491 e. The molecule has 0 aliphatic carbocycles.